The number of methoxy groups -OCH3 is 1. The molecule has 4 rings (SSSR count). The number of rotatable bonds is 5. The highest BCUT2D eigenvalue weighted by atomic mass is 16.5. The van der Waals surface area contributed by atoms with Crippen LogP contribution in [0.5, 0.6) is 5.75 Å². The molecule has 0 aliphatic carbocycles. The van der Waals surface area contributed by atoms with Gasteiger partial charge in [-0.25, -0.2) is 0 Å². The number of carbonyl (C=O) groups excluding carboxylic acids is 1. The van der Waals surface area contributed by atoms with Gasteiger partial charge in [-0.2, -0.15) is 0 Å². The number of carbonyl (C=O) groups is 1. The van der Waals surface area contributed by atoms with Crippen LogP contribution in [-0.4, -0.2) is 34.8 Å². The van der Waals surface area contributed by atoms with Gasteiger partial charge in [0.2, 0.25) is 0 Å². The Balaban J connectivity index is 1.60. The largest absolute Gasteiger partial charge is 0.497 e. The number of amides is 1. The fourth-order valence-corrected chi connectivity index (χ4v) is 3.81. The van der Waals surface area contributed by atoms with Crippen molar-refractivity contribution in [3.05, 3.63) is 53.5 Å². The molecule has 0 unspecified atom stereocenters. The predicted octanol–water partition coefficient (Wildman–Crippen LogP) is 5.22. The van der Waals surface area contributed by atoms with Crippen molar-refractivity contribution in [2.24, 2.45) is 0 Å². The van der Waals surface area contributed by atoms with Crippen LogP contribution in [0.3, 0.4) is 0 Å². The van der Waals surface area contributed by atoms with E-state index >= 15 is 0 Å². The summed E-state index contributed by atoms with van der Waals surface area (Å²) >= 11 is 0. The Bertz CT molecular complexity index is 990. The lowest BCUT2D eigenvalue weighted by Crippen LogP contribution is -2.35. The van der Waals surface area contributed by atoms with Gasteiger partial charge in [0.05, 0.1) is 13.2 Å². The van der Waals surface area contributed by atoms with Crippen LogP contribution in [0.2, 0.25) is 0 Å². The van der Waals surface area contributed by atoms with Crippen LogP contribution >= 0.6 is 0 Å². The molecule has 0 saturated carbocycles. The Hall–Kier alpha value is -3.09. The van der Waals surface area contributed by atoms with Crippen molar-refractivity contribution in [3.63, 3.8) is 0 Å². The quantitative estimate of drug-likeness (QED) is 0.575. The van der Waals surface area contributed by atoms with E-state index in [2.05, 4.69) is 10.3 Å². The van der Waals surface area contributed by atoms with Gasteiger partial charge in [-0.05, 0) is 37.1 Å². The summed E-state index contributed by atoms with van der Waals surface area (Å²) in [6.07, 6.45) is 3.92. The molecule has 3 aromatic rings. The van der Waals surface area contributed by atoms with Crippen LogP contribution < -0.4 is 4.74 Å². The lowest BCUT2D eigenvalue weighted by Gasteiger charge is -2.27. The van der Waals surface area contributed by atoms with Crippen LogP contribution in [0.4, 0.5) is 0 Å². The molecule has 158 valence electrons. The summed E-state index contributed by atoms with van der Waals surface area (Å²) in [5, 5.41) is 8.33. The Morgan fingerprint density at radius 3 is 2.60 bits per heavy atom. The molecular formula is C23H27N3O4. The molecule has 0 spiro atoms. The molecule has 0 N–H and O–H groups in total. The third-order valence-corrected chi connectivity index (χ3v) is 5.57. The van der Waals surface area contributed by atoms with Crippen LogP contribution in [0.1, 0.15) is 73.4 Å². The Labute approximate surface area is 176 Å². The van der Waals surface area contributed by atoms with Gasteiger partial charge in [-0.1, -0.05) is 37.0 Å². The van der Waals surface area contributed by atoms with Gasteiger partial charge in [0.1, 0.15) is 17.2 Å². The van der Waals surface area contributed by atoms with Crippen molar-refractivity contribution in [1.82, 2.24) is 15.2 Å². The number of hydrogen-bond donors (Lipinski definition) is 0. The fraction of sp³-hybridized carbons (Fsp3) is 0.435. The molecule has 0 bridgehead atoms. The van der Waals surface area contributed by atoms with Crippen molar-refractivity contribution >= 4 is 5.91 Å². The lowest BCUT2D eigenvalue weighted by molar-refractivity contribution is 0.0663. The monoisotopic (exact) mass is 409 g/mol. The molecule has 3 heterocycles. The number of aromatic nitrogens is 2. The molecule has 1 aliphatic heterocycles. The van der Waals surface area contributed by atoms with Crippen molar-refractivity contribution in [1.29, 1.82) is 0 Å². The summed E-state index contributed by atoms with van der Waals surface area (Å²) in [7, 11) is 1.64. The maximum atomic E-state index is 13.3. The van der Waals surface area contributed by atoms with Crippen LogP contribution in [0.25, 0.3) is 11.3 Å². The first-order chi connectivity index (χ1) is 14.6. The first-order valence-electron chi connectivity index (χ1n) is 10.5. The summed E-state index contributed by atoms with van der Waals surface area (Å²) in [6.45, 7) is 4.69. The second-order valence-corrected chi connectivity index (χ2v) is 7.98. The third kappa shape index (κ3) is 4.10. The van der Waals surface area contributed by atoms with Gasteiger partial charge in [0.15, 0.2) is 11.5 Å². The smallest absolute Gasteiger partial charge is 0.276 e. The zero-order chi connectivity index (χ0) is 21.1. The van der Waals surface area contributed by atoms with Crippen molar-refractivity contribution in [2.45, 2.75) is 51.5 Å². The SMILES string of the molecule is COc1ccc(-c2cc([C@@H]3CCCCCN3C(=O)c3cc(C(C)C)on3)no2)cc1. The molecule has 1 saturated heterocycles. The minimum absolute atomic E-state index is 0.119. The zero-order valence-electron chi connectivity index (χ0n) is 17.6. The topological polar surface area (TPSA) is 81.6 Å². The van der Waals surface area contributed by atoms with E-state index in [4.69, 9.17) is 13.8 Å². The predicted molar refractivity (Wildman–Crippen MR) is 111 cm³/mol. The second-order valence-electron chi connectivity index (χ2n) is 7.98. The van der Waals surface area contributed by atoms with Crippen LogP contribution in [0, 0.1) is 0 Å². The summed E-state index contributed by atoms with van der Waals surface area (Å²) in [4.78, 5) is 15.1. The minimum atomic E-state index is -0.144. The molecule has 1 aromatic carbocycles. The maximum Gasteiger partial charge on any atom is 0.276 e. The van der Waals surface area contributed by atoms with Gasteiger partial charge >= 0.3 is 0 Å². The molecule has 7 nitrogen and oxygen atoms in total. The number of nitrogens with zero attached hydrogens (tertiary/aromatic N) is 3. The van der Waals surface area contributed by atoms with Gasteiger partial charge in [0, 0.05) is 30.2 Å². The van der Waals surface area contributed by atoms with Crippen LogP contribution in [0.15, 0.2) is 45.4 Å². The number of likely N-dealkylation sites (tertiary alicyclic amines) is 1. The minimum Gasteiger partial charge on any atom is -0.497 e. The first-order valence-corrected chi connectivity index (χ1v) is 10.5. The van der Waals surface area contributed by atoms with Gasteiger partial charge in [-0.3, -0.25) is 4.79 Å². The Morgan fingerprint density at radius 1 is 1.10 bits per heavy atom. The standard InChI is InChI=1S/C23H27N3O4/c1-15(2)21-14-19(25-29-21)23(27)26-12-6-4-5-7-20(26)18-13-22(30-24-18)16-8-10-17(28-3)11-9-16/h8-11,13-15,20H,4-7,12H2,1-3H3/t20-/m0/s1. The summed E-state index contributed by atoms with van der Waals surface area (Å²) in [5.74, 6) is 2.24. The summed E-state index contributed by atoms with van der Waals surface area (Å²) < 4.78 is 16.2. The second kappa shape index (κ2) is 8.73. The lowest BCUT2D eigenvalue weighted by atomic mass is 10.0. The molecular weight excluding hydrogens is 382 g/mol. The normalized spacial score (nSPS) is 17.2. The molecule has 7 heteroatoms. The van der Waals surface area contributed by atoms with E-state index in [0.717, 1.165) is 42.7 Å². The average Bonchev–Trinajstić information content (AvgIpc) is 3.39. The first kappa shape index (κ1) is 20.2. The van der Waals surface area contributed by atoms with Crippen LogP contribution in [-0.2, 0) is 0 Å². The molecule has 2 aromatic heterocycles. The van der Waals surface area contributed by atoms with E-state index in [9.17, 15) is 4.79 Å². The van der Waals surface area contributed by atoms with E-state index in [1.54, 1.807) is 13.2 Å². The number of benzene rings is 1. The molecule has 1 aliphatic rings. The van der Waals surface area contributed by atoms with Gasteiger partial charge in [0.25, 0.3) is 5.91 Å². The summed E-state index contributed by atoms with van der Waals surface area (Å²) in [5.41, 5.74) is 2.03. The Kier molecular flexibility index (Phi) is 5.88. The van der Waals surface area contributed by atoms with Gasteiger partial charge in [-0.15, -0.1) is 0 Å². The molecule has 1 amide bonds. The average molecular weight is 409 g/mol. The van der Waals surface area contributed by atoms with Crippen molar-refractivity contribution in [3.8, 4) is 17.1 Å². The molecule has 0 radical (unpaired) electrons. The highest BCUT2D eigenvalue weighted by Crippen LogP contribution is 2.33. The van der Waals surface area contributed by atoms with E-state index in [0.29, 0.717) is 23.8 Å². The van der Waals surface area contributed by atoms with E-state index in [1.807, 2.05) is 49.1 Å². The molecule has 30 heavy (non-hydrogen) atoms. The summed E-state index contributed by atoms with van der Waals surface area (Å²) in [6, 6.07) is 11.2. The number of ether oxygens (including phenoxy) is 1. The fourth-order valence-electron chi connectivity index (χ4n) is 3.81. The molecule has 1 fully saturated rings. The highest BCUT2D eigenvalue weighted by molar-refractivity contribution is 5.92. The van der Waals surface area contributed by atoms with Crippen molar-refractivity contribution in [2.75, 3.05) is 13.7 Å². The highest BCUT2D eigenvalue weighted by Gasteiger charge is 2.31. The van der Waals surface area contributed by atoms with Crippen molar-refractivity contribution < 1.29 is 18.6 Å². The Morgan fingerprint density at radius 2 is 1.90 bits per heavy atom. The van der Waals surface area contributed by atoms with E-state index < -0.39 is 0 Å². The number of hydrogen-bond acceptors (Lipinski definition) is 6. The molecule has 1 atom stereocenters. The van der Waals surface area contributed by atoms with E-state index in [1.165, 1.54) is 0 Å². The maximum absolute atomic E-state index is 13.3. The van der Waals surface area contributed by atoms with Gasteiger partial charge < -0.3 is 18.7 Å². The third-order valence-electron chi connectivity index (χ3n) is 5.57. The zero-order valence-corrected chi connectivity index (χ0v) is 17.6. The van der Waals surface area contributed by atoms with E-state index in [-0.39, 0.29) is 17.9 Å².